The first-order chi connectivity index (χ1) is 12.6. The van der Waals surface area contributed by atoms with Crippen molar-refractivity contribution in [3.8, 4) is 5.75 Å². The molecule has 3 nitrogen and oxygen atoms in total. The van der Waals surface area contributed by atoms with E-state index in [1.807, 2.05) is 24.3 Å². The molecule has 0 amide bonds. The predicted octanol–water partition coefficient (Wildman–Crippen LogP) is 5.00. The molecule has 1 aliphatic heterocycles. The van der Waals surface area contributed by atoms with Crippen LogP contribution in [0.15, 0.2) is 42.5 Å². The zero-order valence-corrected chi connectivity index (χ0v) is 17.6. The average molecular weight is 366 g/mol. The van der Waals surface area contributed by atoms with E-state index < -0.39 is 0 Å². The lowest BCUT2D eigenvalue weighted by molar-refractivity contribution is 0.00578. The fourth-order valence-corrected chi connectivity index (χ4v) is 3.10. The van der Waals surface area contributed by atoms with E-state index in [0.717, 1.165) is 11.2 Å². The van der Waals surface area contributed by atoms with Crippen LogP contribution in [-0.2, 0) is 15.9 Å². The Morgan fingerprint density at radius 2 is 1.52 bits per heavy atom. The highest BCUT2D eigenvalue weighted by molar-refractivity contribution is 6.62. The van der Waals surface area contributed by atoms with Gasteiger partial charge in [-0.05, 0) is 74.8 Å². The topological polar surface area (TPSA) is 27.7 Å². The molecule has 0 N–H and O–H groups in total. The Kier molecular flexibility index (Phi) is 5.42. The monoisotopic (exact) mass is 366 g/mol. The summed E-state index contributed by atoms with van der Waals surface area (Å²) in [5.74, 6) is 1.39. The second-order valence-electron chi connectivity index (χ2n) is 8.79. The van der Waals surface area contributed by atoms with E-state index in [-0.39, 0.29) is 18.3 Å². The standard InChI is InChI=1S/C23H31BO3/c1-16(2)18-8-9-19(17(3)14-18)15-25-21-12-10-20(11-13-21)24-26-22(4,5)23(6,7)27-24/h8-14,16H,15H2,1-7H3. The molecule has 0 saturated carbocycles. The normalized spacial score (nSPS) is 18.1. The van der Waals surface area contributed by atoms with Crippen LogP contribution in [0.25, 0.3) is 0 Å². The SMILES string of the molecule is Cc1cc(C(C)C)ccc1COc1ccc(B2OC(C)(C)C(C)(C)O2)cc1. The van der Waals surface area contributed by atoms with Gasteiger partial charge in [0.2, 0.25) is 0 Å². The molecule has 0 spiro atoms. The van der Waals surface area contributed by atoms with Crippen LogP contribution < -0.4 is 10.2 Å². The number of rotatable bonds is 5. The van der Waals surface area contributed by atoms with Crippen LogP contribution in [0.4, 0.5) is 0 Å². The summed E-state index contributed by atoms with van der Waals surface area (Å²) < 4.78 is 18.2. The van der Waals surface area contributed by atoms with E-state index >= 15 is 0 Å². The number of ether oxygens (including phenoxy) is 1. The highest BCUT2D eigenvalue weighted by Crippen LogP contribution is 2.36. The Balaban J connectivity index is 1.64. The molecule has 3 rings (SSSR count). The molecule has 0 aromatic heterocycles. The average Bonchev–Trinajstić information content (AvgIpc) is 2.82. The Bertz CT molecular complexity index is 778. The molecule has 1 aliphatic rings. The zero-order valence-electron chi connectivity index (χ0n) is 17.6. The summed E-state index contributed by atoms with van der Waals surface area (Å²) in [4.78, 5) is 0. The minimum atomic E-state index is -0.338. The summed E-state index contributed by atoms with van der Waals surface area (Å²) in [5.41, 5.74) is 4.21. The van der Waals surface area contributed by atoms with Gasteiger partial charge in [-0.1, -0.05) is 44.2 Å². The van der Waals surface area contributed by atoms with E-state index in [9.17, 15) is 0 Å². The van der Waals surface area contributed by atoms with Crippen LogP contribution in [0, 0.1) is 6.92 Å². The molecular formula is C23H31BO3. The van der Waals surface area contributed by atoms with Gasteiger partial charge in [0.15, 0.2) is 0 Å². The molecule has 0 bridgehead atoms. The molecule has 0 atom stereocenters. The quantitative estimate of drug-likeness (QED) is 0.698. The number of hydrogen-bond donors (Lipinski definition) is 0. The molecule has 144 valence electrons. The van der Waals surface area contributed by atoms with E-state index in [1.54, 1.807) is 0 Å². The van der Waals surface area contributed by atoms with E-state index in [4.69, 9.17) is 14.0 Å². The van der Waals surface area contributed by atoms with Gasteiger partial charge in [0.25, 0.3) is 0 Å². The zero-order chi connectivity index (χ0) is 19.8. The molecule has 1 heterocycles. The van der Waals surface area contributed by atoms with Gasteiger partial charge in [-0.3, -0.25) is 0 Å². The lowest BCUT2D eigenvalue weighted by atomic mass is 9.79. The molecule has 4 heteroatoms. The molecule has 27 heavy (non-hydrogen) atoms. The van der Waals surface area contributed by atoms with Crippen molar-refractivity contribution in [2.45, 2.75) is 72.2 Å². The van der Waals surface area contributed by atoms with Gasteiger partial charge in [0.1, 0.15) is 12.4 Å². The van der Waals surface area contributed by atoms with E-state index in [2.05, 4.69) is 66.7 Å². The van der Waals surface area contributed by atoms with E-state index in [0.29, 0.717) is 12.5 Å². The molecule has 0 unspecified atom stereocenters. The van der Waals surface area contributed by atoms with Crippen LogP contribution in [0.1, 0.15) is 64.2 Å². The molecule has 1 saturated heterocycles. The van der Waals surface area contributed by atoms with Gasteiger partial charge < -0.3 is 14.0 Å². The summed E-state index contributed by atoms with van der Waals surface area (Å²) in [6, 6.07) is 14.6. The van der Waals surface area contributed by atoms with Crippen molar-refractivity contribution in [1.82, 2.24) is 0 Å². The number of hydrogen-bond acceptors (Lipinski definition) is 3. The van der Waals surface area contributed by atoms with Crippen LogP contribution in [0.5, 0.6) is 5.75 Å². The highest BCUT2D eigenvalue weighted by atomic mass is 16.7. The molecule has 1 fully saturated rings. The van der Waals surface area contributed by atoms with Gasteiger partial charge in [-0.15, -0.1) is 0 Å². The van der Waals surface area contributed by atoms with Crippen molar-refractivity contribution >= 4 is 12.6 Å². The number of aryl methyl sites for hydroxylation is 1. The minimum Gasteiger partial charge on any atom is -0.489 e. The summed E-state index contributed by atoms with van der Waals surface area (Å²) in [6.07, 6.45) is 0. The van der Waals surface area contributed by atoms with Crippen molar-refractivity contribution in [2.75, 3.05) is 0 Å². The van der Waals surface area contributed by atoms with Crippen LogP contribution in [-0.4, -0.2) is 18.3 Å². The van der Waals surface area contributed by atoms with Crippen molar-refractivity contribution in [2.24, 2.45) is 0 Å². The maximum absolute atomic E-state index is 6.10. The molecule has 2 aromatic rings. The Morgan fingerprint density at radius 1 is 0.926 bits per heavy atom. The third-order valence-corrected chi connectivity index (χ3v) is 5.83. The van der Waals surface area contributed by atoms with Gasteiger partial charge in [-0.25, -0.2) is 0 Å². The van der Waals surface area contributed by atoms with Crippen LogP contribution >= 0.6 is 0 Å². The third-order valence-electron chi connectivity index (χ3n) is 5.83. The lowest BCUT2D eigenvalue weighted by Crippen LogP contribution is -2.41. The van der Waals surface area contributed by atoms with Gasteiger partial charge >= 0.3 is 7.12 Å². The summed E-state index contributed by atoms with van der Waals surface area (Å²) in [7, 11) is -0.338. The third kappa shape index (κ3) is 4.22. The highest BCUT2D eigenvalue weighted by Gasteiger charge is 2.51. The molecule has 2 aromatic carbocycles. The fourth-order valence-electron chi connectivity index (χ4n) is 3.10. The van der Waals surface area contributed by atoms with Crippen LogP contribution in [0.2, 0.25) is 0 Å². The lowest BCUT2D eigenvalue weighted by Gasteiger charge is -2.32. The van der Waals surface area contributed by atoms with E-state index in [1.165, 1.54) is 16.7 Å². The second kappa shape index (κ2) is 7.33. The van der Waals surface area contributed by atoms with Gasteiger partial charge in [0.05, 0.1) is 11.2 Å². The van der Waals surface area contributed by atoms with Gasteiger partial charge in [0, 0.05) is 0 Å². The van der Waals surface area contributed by atoms with Crippen LogP contribution in [0.3, 0.4) is 0 Å². The maximum Gasteiger partial charge on any atom is 0.494 e. The van der Waals surface area contributed by atoms with Gasteiger partial charge in [-0.2, -0.15) is 0 Å². The summed E-state index contributed by atoms with van der Waals surface area (Å²) in [5, 5.41) is 0. The van der Waals surface area contributed by atoms with Crippen molar-refractivity contribution in [1.29, 1.82) is 0 Å². The fraction of sp³-hybridized carbons (Fsp3) is 0.478. The Labute approximate surface area is 164 Å². The van der Waals surface area contributed by atoms with Crippen molar-refractivity contribution in [3.63, 3.8) is 0 Å². The molecule has 0 aliphatic carbocycles. The first kappa shape index (κ1) is 20.0. The first-order valence-corrected chi connectivity index (χ1v) is 9.77. The summed E-state index contributed by atoms with van der Waals surface area (Å²) in [6.45, 7) is 15.4. The molecule has 0 radical (unpaired) electrons. The Hall–Kier alpha value is -1.78. The van der Waals surface area contributed by atoms with Crippen molar-refractivity contribution < 1.29 is 14.0 Å². The smallest absolute Gasteiger partial charge is 0.489 e. The second-order valence-corrected chi connectivity index (χ2v) is 8.79. The number of benzene rings is 2. The first-order valence-electron chi connectivity index (χ1n) is 9.77. The molecular weight excluding hydrogens is 335 g/mol. The van der Waals surface area contributed by atoms with Crippen molar-refractivity contribution in [3.05, 3.63) is 59.2 Å². The minimum absolute atomic E-state index is 0.327. The maximum atomic E-state index is 6.10. The Morgan fingerprint density at radius 3 is 2.04 bits per heavy atom. The summed E-state index contributed by atoms with van der Waals surface area (Å²) >= 11 is 0. The largest absolute Gasteiger partial charge is 0.494 e. The predicted molar refractivity (Wildman–Crippen MR) is 112 cm³/mol.